The maximum atomic E-state index is 8.77. The van der Waals surface area contributed by atoms with Crippen molar-refractivity contribution in [1.29, 1.82) is 5.26 Å². The van der Waals surface area contributed by atoms with Crippen molar-refractivity contribution in [2.24, 2.45) is 11.1 Å². The minimum absolute atomic E-state index is 0.0839. The molecule has 0 aliphatic heterocycles. The smallest absolute Gasteiger partial charge is 0.124 e. The van der Waals surface area contributed by atoms with Gasteiger partial charge in [-0.25, -0.2) is 0 Å². The van der Waals surface area contributed by atoms with Gasteiger partial charge in [-0.3, -0.25) is 0 Å². The van der Waals surface area contributed by atoms with Crippen molar-refractivity contribution >= 4 is 0 Å². The minimum atomic E-state index is 0.0839. The van der Waals surface area contributed by atoms with Crippen LogP contribution in [0.25, 0.3) is 0 Å². The van der Waals surface area contributed by atoms with Crippen molar-refractivity contribution < 1.29 is 9.47 Å². The largest absolute Gasteiger partial charge is 0.497 e. The van der Waals surface area contributed by atoms with Crippen LogP contribution in [0.5, 0.6) is 11.5 Å². The molecule has 4 nitrogen and oxygen atoms in total. The second kappa shape index (κ2) is 5.28. The van der Waals surface area contributed by atoms with Crippen LogP contribution in [0.3, 0.4) is 0 Å². The highest BCUT2D eigenvalue weighted by atomic mass is 16.5. The number of rotatable bonds is 6. The molecule has 1 aromatic rings. The van der Waals surface area contributed by atoms with Crippen molar-refractivity contribution in [3.05, 3.63) is 23.8 Å². The molecule has 1 aliphatic carbocycles. The number of ether oxygens (including phenoxy) is 2. The van der Waals surface area contributed by atoms with Gasteiger partial charge in [-0.2, -0.15) is 5.26 Å². The molecule has 18 heavy (non-hydrogen) atoms. The molecule has 4 heteroatoms. The Hall–Kier alpha value is -1.73. The first-order chi connectivity index (χ1) is 8.73. The standard InChI is InChI=1S/C14H18N2O2/c1-17-12-2-3-13(11(8-12)9-16)18-10-14(4-5-14)6-7-15/h2-3,8H,4-6,9-10,16H2,1H3. The van der Waals surface area contributed by atoms with Crippen molar-refractivity contribution in [2.75, 3.05) is 13.7 Å². The lowest BCUT2D eigenvalue weighted by Crippen LogP contribution is -2.14. The van der Waals surface area contributed by atoms with E-state index in [0.717, 1.165) is 29.9 Å². The molecule has 1 fully saturated rings. The fraction of sp³-hybridized carbons (Fsp3) is 0.500. The van der Waals surface area contributed by atoms with E-state index in [-0.39, 0.29) is 5.41 Å². The summed E-state index contributed by atoms with van der Waals surface area (Å²) in [4.78, 5) is 0. The monoisotopic (exact) mass is 246 g/mol. The molecule has 2 rings (SSSR count). The van der Waals surface area contributed by atoms with Gasteiger partial charge in [-0.15, -0.1) is 0 Å². The highest BCUT2D eigenvalue weighted by molar-refractivity contribution is 5.40. The van der Waals surface area contributed by atoms with Gasteiger partial charge in [0.1, 0.15) is 11.5 Å². The first-order valence-electron chi connectivity index (χ1n) is 6.10. The second-order valence-electron chi connectivity index (χ2n) is 4.80. The third kappa shape index (κ3) is 2.74. The third-order valence-corrected chi connectivity index (χ3v) is 3.43. The van der Waals surface area contributed by atoms with E-state index in [1.54, 1.807) is 7.11 Å². The highest BCUT2D eigenvalue weighted by Crippen LogP contribution is 2.48. The summed E-state index contributed by atoms with van der Waals surface area (Å²) in [5.74, 6) is 1.57. The Kier molecular flexibility index (Phi) is 3.73. The third-order valence-electron chi connectivity index (χ3n) is 3.43. The summed E-state index contributed by atoms with van der Waals surface area (Å²) in [5.41, 5.74) is 6.72. The summed E-state index contributed by atoms with van der Waals surface area (Å²) in [6.45, 7) is 1.01. The number of nitrogens with zero attached hydrogens (tertiary/aromatic N) is 1. The average molecular weight is 246 g/mol. The quantitative estimate of drug-likeness (QED) is 0.835. The lowest BCUT2D eigenvalue weighted by Gasteiger charge is -2.15. The molecule has 0 atom stereocenters. The minimum Gasteiger partial charge on any atom is -0.497 e. The Labute approximate surface area is 107 Å². The van der Waals surface area contributed by atoms with Crippen LogP contribution in [0.4, 0.5) is 0 Å². The number of nitrogens with two attached hydrogens (primary N) is 1. The zero-order valence-corrected chi connectivity index (χ0v) is 10.6. The van der Waals surface area contributed by atoms with Crippen LogP contribution < -0.4 is 15.2 Å². The summed E-state index contributed by atoms with van der Waals surface area (Å²) >= 11 is 0. The van der Waals surface area contributed by atoms with Gasteiger partial charge in [0.05, 0.1) is 19.8 Å². The molecule has 0 saturated heterocycles. The Balaban J connectivity index is 2.03. The van der Waals surface area contributed by atoms with E-state index in [2.05, 4.69) is 6.07 Å². The van der Waals surface area contributed by atoms with Crippen molar-refractivity contribution in [2.45, 2.75) is 25.8 Å². The first-order valence-corrected chi connectivity index (χ1v) is 6.10. The predicted molar refractivity (Wildman–Crippen MR) is 68.3 cm³/mol. The number of benzene rings is 1. The molecule has 1 saturated carbocycles. The average Bonchev–Trinajstić information content (AvgIpc) is 3.17. The van der Waals surface area contributed by atoms with Gasteiger partial charge in [0.2, 0.25) is 0 Å². The van der Waals surface area contributed by atoms with Crippen LogP contribution in [0, 0.1) is 16.7 Å². The van der Waals surface area contributed by atoms with Crippen molar-refractivity contribution in [3.63, 3.8) is 0 Å². The summed E-state index contributed by atoms with van der Waals surface area (Å²) in [7, 11) is 1.63. The van der Waals surface area contributed by atoms with E-state index in [9.17, 15) is 0 Å². The summed E-state index contributed by atoms with van der Waals surface area (Å²) in [5, 5.41) is 8.77. The van der Waals surface area contributed by atoms with Gasteiger partial charge in [0.15, 0.2) is 0 Å². The molecule has 0 aromatic heterocycles. The molecular formula is C14H18N2O2. The van der Waals surface area contributed by atoms with Gasteiger partial charge in [-0.05, 0) is 31.0 Å². The van der Waals surface area contributed by atoms with Gasteiger partial charge < -0.3 is 15.2 Å². The summed E-state index contributed by atoms with van der Waals surface area (Å²) in [6, 6.07) is 7.85. The predicted octanol–water partition coefficient (Wildman–Crippen LogP) is 2.23. The zero-order chi connectivity index (χ0) is 13.0. The lowest BCUT2D eigenvalue weighted by molar-refractivity contribution is 0.234. The molecule has 0 unspecified atom stereocenters. The van der Waals surface area contributed by atoms with E-state index in [1.807, 2.05) is 18.2 Å². The van der Waals surface area contributed by atoms with Crippen molar-refractivity contribution in [1.82, 2.24) is 0 Å². The molecule has 0 spiro atoms. The maximum absolute atomic E-state index is 8.77. The number of hydrogen-bond acceptors (Lipinski definition) is 4. The van der Waals surface area contributed by atoms with Crippen LogP contribution in [-0.2, 0) is 6.54 Å². The van der Waals surface area contributed by atoms with Crippen LogP contribution in [-0.4, -0.2) is 13.7 Å². The molecule has 0 heterocycles. The topological polar surface area (TPSA) is 68.3 Å². The van der Waals surface area contributed by atoms with Gasteiger partial charge in [-0.1, -0.05) is 0 Å². The van der Waals surface area contributed by atoms with E-state index in [0.29, 0.717) is 19.6 Å². The van der Waals surface area contributed by atoms with Crippen LogP contribution in [0.2, 0.25) is 0 Å². The number of hydrogen-bond donors (Lipinski definition) is 1. The Bertz CT molecular complexity index is 461. The van der Waals surface area contributed by atoms with E-state index in [4.69, 9.17) is 20.5 Å². The molecule has 96 valence electrons. The highest BCUT2D eigenvalue weighted by Gasteiger charge is 2.43. The van der Waals surface area contributed by atoms with Gasteiger partial charge in [0.25, 0.3) is 0 Å². The van der Waals surface area contributed by atoms with Crippen LogP contribution in [0.1, 0.15) is 24.8 Å². The van der Waals surface area contributed by atoms with Crippen LogP contribution in [0.15, 0.2) is 18.2 Å². The summed E-state index contributed by atoms with van der Waals surface area (Å²) < 4.78 is 11.0. The van der Waals surface area contributed by atoms with Crippen molar-refractivity contribution in [3.8, 4) is 17.6 Å². The van der Waals surface area contributed by atoms with Crippen LogP contribution >= 0.6 is 0 Å². The fourth-order valence-corrected chi connectivity index (χ4v) is 1.93. The van der Waals surface area contributed by atoms with Gasteiger partial charge in [0, 0.05) is 23.9 Å². The molecule has 2 N–H and O–H groups in total. The molecule has 1 aromatic carbocycles. The number of nitriles is 1. The van der Waals surface area contributed by atoms with Gasteiger partial charge >= 0.3 is 0 Å². The number of methoxy groups -OCH3 is 1. The lowest BCUT2D eigenvalue weighted by atomic mass is 10.1. The second-order valence-corrected chi connectivity index (χ2v) is 4.80. The van der Waals surface area contributed by atoms with E-state index < -0.39 is 0 Å². The Morgan fingerprint density at radius 3 is 2.78 bits per heavy atom. The zero-order valence-electron chi connectivity index (χ0n) is 10.6. The summed E-state index contributed by atoms with van der Waals surface area (Å²) in [6.07, 6.45) is 2.73. The molecule has 0 amide bonds. The molecule has 0 radical (unpaired) electrons. The van der Waals surface area contributed by atoms with E-state index in [1.165, 1.54) is 0 Å². The fourth-order valence-electron chi connectivity index (χ4n) is 1.93. The molecule has 0 bridgehead atoms. The Morgan fingerprint density at radius 2 is 2.22 bits per heavy atom. The van der Waals surface area contributed by atoms with E-state index >= 15 is 0 Å². The SMILES string of the molecule is COc1ccc(OCC2(CC#N)CC2)c(CN)c1. The Morgan fingerprint density at radius 1 is 1.44 bits per heavy atom. The molecule has 1 aliphatic rings. The first kappa shape index (κ1) is 12.7. The molecular weight excluding hydrogens is 228 g/mol. The normalized spacial score (nSPS) is 15.8. The maximum Gasteiger partial charge on any atom is 0.124 e.